The molecule has 0 radical (unpaired) electrons. The molecule has 1 heterocycles. The first-order valence-electron chi connectivity index (χ1n) is 10.4. The summed E-state index contributed by atoms with van der Waals surface area (Å²) in [6.45, 7) is 10.2. The molecule has 1 aliphatic rings. The number of carbonyl (C=O) groups excluding carboxylic acids is 1. The fourth-order valence-corrected chi connectivity index (χ4v) is 4.68. The molecule has 6 heteroatoms. The molecule has 0 spiro atoms. The normalized spacial score (nSPS) is 17.7. The van der Waals surface area contributed by atoms with Gasteiger partial charge < -0.3 is 9.64 Å². The van der Waals surface area contributed by atoms with E-state index in [0.29, 0.717) is 17.2 Å². The minimum absolute atomic E-state index is 0.148. The van der Waals surface area contributed by atoms with Crippen LogP contribution in [0, 0.1) is 0 Å². The van der Waals surface area contributed by atoms with Crippen LogP contribution in [0.2, 0.25) is 0 Å². The van der Waals surface area contributed by atoms with E-state index in [2.05, 4.69) is 77.3 Å². The van der Waals surface area contributed by atoms with Gasteiger partial charge in [0.2, 0.25) is 0 Å². The molecular formula is C24H30BrN3O2. The van der Waals surface area contributed by atoms with Gasteiger partial charge in [-0.05, 0) is 74.1 Å². The van der Waals surface area contributed by atoms with E-state index in [1.54, 1.807) is 25.5 Å². The zero-order valence-corrected chi connectivity index (χ0v) is 19.9. The van der Waals surface area contributed by atoms with E-state index in [-0.39, 0.29) is 11.4 Å². The molecule has 2 aromatic carbocycles. The summed E-state index contributed by atoms with van der Waals surface area (Å²) in [5.74, 6) is 0.663. The van der Waals surface area contributed by atoms with Gasteiger partial charge in [0.1, 0.15) is 5.75 Å². The number of rotatable bonds is 6. The first-order valence-corrected chi connectivity index (χ1v) is 11.1. The van der Waals surface area contributed by atoms with E-state index in [0.717, 1.165) is 29.4 Å². The molecule has 1 aliphatic heterocycles. The number of hydrogen-bond donors (Lipinski definition) is 1. The van der Waals surface area contributed by atoms with Gasteiger partial charge in [-0.3, -0.25) is 4.79 Å². The van der Waals surface area contributed by atoms with Crippen molar-refractivity contribution in [2.24, 2.45) is 5.10 Å². The van der Waals surface area contributed by atoms with E-state index in [4.69, 9.17) is 4.74 Å². The largest absolute Gasteiger partial charge is 0.496 e. The summed E-state index contributed by atoms with van der Waals surface area (Å²) in [6.07, 6.45) is 3.92. The highest BCUT2D eigenvalue weighted by Gasteiger charge is 2.35. The number of nitrogens with zero attached hydrogens (tertiary/aromatic N) is 2. The molecule has 3 rings (SSSR count). The van der Waals surface area contributed by atoms with Gasteiger partial charge in [-0.1, -0.05) is 35.8 Å². The molecule has 0 saturated carbocycles. The van der Waals surface area contributed by atoms with Gasteiger partial charge in [0.15, 0.2) is 0 Å². The topological polar surface area (TPSA) is 53.9 Å². The maximum Gasteiger partial charge on any atom is 0.275 e. The van der Waals surface area contributed by atoms with Gasteiger partial charge in [-0.2, -0.15) is 5.10 Å². The van der Waals surface area contributed by atoms with Crippen molar-refractivity contribution >= 4 is 33.7 Å². The van der Waals surface area contributed by atoms with E-state index in [1.165, 1.54) is 11.3 Å². The summed E-state index contributed by atoms with van der Waals surface area (Å²) in [6, 6.07) is 11.7. The lowest BCUT2D eigenvalue weighted by Crippen LogP contribution is -2.48. The second-order valence-electron chi connectivity index (χ2n) is 8.43. The van der Waals surface area contributed by atoms with Gasteiger partial charge in [-0.15, -0.1) is 0 Å². The van der Waals surface area contributed by atoms with Gasteiger partial charge in [0, 0.05) is 22.2 Å². The molecule has 1 atom stereocenters. The highest BCUT2D eigenvalue weighted by molar-refractivity contribution is 9.10. The Bertz CT molecular complexity index is 955. The lowest BCUT2D eigenvalue weighted by atomic mass is 9.79. The molecule has 30 heavy (non-hydrogen) atoms. The smallest absolute Gasteiger partial charge is 0.275 e. The molecule has 0 bridgehead atoms. The van der Waals surface area contributed by atoms with Crippen LogP contribution < -0.4 is 15.1 Å². The third-order valence-electron chi connectivity index (χ3n) is 5.64. The third-order valence-corrected chi connectivity index (χ3v) is 6.14. The first-order chi connectivity index (χ1) is 14.3. The third kappa shape index (κ3) is 4.69. The molecule has 0 fully saturated rings. The molecule has 1 amide bonds. The first kappa shape index (κ1) is 22.3. The molecule has 1 N–H and O–H groups in total. The van der Waals surface area contributed by atoms with Crippen LogP contribution >= 0.6 is 15.9 Å². The second-order valence-corrected chi connectivity index (χ2v) is 9.35. The maximum atomic E-state index is 12.5. The summed E-state index contributed by atoms with van der Waals surface area (Å²) in [4.78, 5) is 15.0. The summed E-state index contributed by atoms with van der Waals surface area (Å²) in [5, 5.41) is 4.17. The number of fused-ring (bicyclic) bond motifs is 1. The number of carbonyl (C=O) groups is 1. The fraction of sp³-hybridized carbons (Fsp3) is 0.417. The quantitative estimate of drug-likeness (QED) is 0.432. The molecule has 5 nitrogen and oxygen atoms in total. The number of hydrogen-bond acceptors (Lipinski definition) is 4. The van der Waals surface area contributed by atoms with Crippen LogP contribution in [0.15, 0.2) is 46.0 Å². The average molecular weight is 472 g/mol. The van der Waals surface area contributed by atoms with Crippen LogP contribution in [0.4, 0.5) is 5.69 Å². The molecule has 0 aromatic heterocycles. The molecular weight excluding hydrogens is 442 g/mol. The lowest BCUT2D eigenvalue weighted by Gasteiger charge is -2.47. The zero-order chi connectivity index (χ0) is 21.9. The van der Waals surface area contributed by atoms with Crippen LogP contribution in [0.5, 0.6) is 5.75 Å². The Hall–Kier alpha value is -2.34. The van der Waals surface area contributed by atoms with E-state index in [1.807, 2.05) is 6.07 Å². The van der Waals surface area contributed by atoms with Crippen molar-refractivity contribution in [1.82, 2.24) is 5.43 Å². The molecule has 2 aromatic rings. The minimum atomic E-state index is -0.313. The van der Waals surface area contributed by atoms with Gasteiger partial charge in [0.05, 0.1) is 18.9 Å². The number of amides is 1. The van der Waals surface area contributed by atoms with Gasteiger partial charge in [-0.25, -0.2) is 5.43 Å². The van der Waals surface area contributed by atoms with Crippen molar-refractivity contribution < 1.29 is 9.53 Å². The highest BCUT2D eigenvalue weighted by atomic mass is 79.9. The van der Waals surface area contributed by atoms with Gasteiger partial charge in [0.25, 0.3) is 5.91 Å². The van der Waals surface area contributed by atoms with Gasteiger partial charge >= 0.3 is 0 Å². The van der Waals surface area contributed by atoms with Crippen LogP contribution in [0.25, 0.3) is 0 Å². The Balaban J connectivity index is 1.79. The Morgan fingerprint density at radius 1 is 1.33 bits per heavy atom. The average Bonchev–Trinajstić information content (AvgIpc) is 2.70. The number of halogens is 1. The molecule has 0 saturated heterocycles. The van der Waals surface area contributed by atoms with Crippen molar-refractivity contribution in [3.05, 3.63) is 57.6 Å². The Morgan fingerprint density at radius 3 is 2.80 bits per heavy atom. The Morgan fingerprint density at radius 2 is 2.10 bits per heavy atom. The number of ether oxygens (including phenoxy) is 1. The highest BCUT2D eigenvalue weighted by Crippen LogP contribution is 2.43. The molecule has 1 unspecified atom stereocenters. The number of hydrazone groups is 1. The van der Waals surface area contributed by atoms with Crippen molar-refractivity contribution in [2.45, 2.75) is 52.0 Å². The van der Waals surface area contributed by atoms with E-state index < -0.39 is 0 Å². The summed E-state index contributed by atoms with van der Waals surface area (Å²) >= 11 is 3.39. The standard InChI is InChI=1S/C24H30BrN3O2/c1-6-11-28-21-9-7-17(12-19(21)16(2)14-24(28,3)4)15-26-27-23(29)20-13-18(25)8-10-22(20)30-5/h7-10,12-13,15-16H,6,11,14H2,1-5H3,(H,27,29)/b26-15-. The zero-order valence-electron chi connectivity index (χ0n) is 18.3. The Labute approximate surface area is 187 Å². The number of benzene rings is 2. The summed E-state index contributed by atoms with van der Waals surface area (Å²) < 4.78 is 6.07. The van der Waals surface area contributed by atoms with Crippen LogP contribution in [0.1, 0.15) is 67.9 Å². The van der Waals surface area contributed by atoms with E-state index in [9.17, 15) is 4.79 Å². The van der Waals surface area contributed by atoms with Crippen molar-refractivity contribution in [2.75, 3.05) is 18.6 Å². The van der Waals surface area contributed by atoms with E-state index >= 15 is 0 Å². The number of nitrogens with one attached hydrogen (secondary N) is 1. The lowest BCUT2D eigenvalue weighted by molar-refractivity contribution is 0.0952. The van der Waals surface area contributed by atoms with Crippen LogP contribution in [0.3, 0.4) is 0 Å². The molecule has 160 valence electrons. The van der Waals surface area contributed by atoms with Crippen molar-refractivity contribution in [3.63, 3.8) is 0 Å². The fourth-order valence-electron chi connectivity index (χ4n) is 4.32. The summed E-state index contributed by atoms with van der Waals surface area (Å²) in [7, 11) is 1.54. The predicted molar refractivity (Wildman–Crippen MR) is 127 cm³/mol. The molecule has 0 aliphatic carbocycles. The summed E-state index contributed by atoms with van der Waals surface area (Å²) in [5.41, 5.74) is 6.80. The van der Waals surface area contributed by atoms with Crippen LogP contribution in [-0.2, 0) is 0 Å². The number of methoxy groups -OCH3 is 1. The van der Waals surface area contributed by atoms with Crippen molar-refractivity contribution in [1.29, 1.82) is 0 Å². The maximum absolute atomic E-state index is 12.5. The predicted octanol–water partition coefficient (Wildman–Crippen LogP) is 5.72. The monoisotopic (exact) mass is 471 g/mol. The second kappa shape index (κ2) is 9.21. The van der Waals surface area contributed by atoms with Crippen molar-refractivity contribution in [3.8, 4) is 5.75 Å². The Kier molecular flexibility index (Phi) is 6.86. The minimum Gasteiger partial charge on any atom is -0.496 e. The van der Waals surface area contributed by atoms with Crippen LogP contribution in [-0.4, -0.2) is 31.3 Å². The SMILES string of the molecule is CCCN1c2ccc(/C=N\NC(=O)c3cc(Br)ccc3OC)cc2C(C)CC1(C)C. The number of anilines is 1.